The van der Waals surface area contributed by atoms with Gasteiger partial charge in [0.25, 0.3) is 0 Å². The van der Waals surface area contributed by atoms with Gasteiger partial charge in [0.15, 0.2) is 0 Å². The average molecular weight is 307 g/mol. The maximum atomic E-state index is 13.1. The number of amides is 1. The molecular weight excluding hydrogens is 289 g/mol. The van der Waals surface area contributed by atoms with Crippen LogP contribution in [-0.4, -0.2) is 12.5 Å². The molecular formula is C20H18FNO. The molecule has 0 radical (unpaired) electrons. The highest BCUT2D eigenvalue weighted by molar-refractivity contribution is 5.97. The van der Waals surface area contributed by atoms with Gasteiger partial charge in [-0.25, -0.2) is 4.39 Å². The van der Waals surface area contributed by atoms with Gasteiger partial charge >= 0.3 is 0 Å². The SMILES string of the molecule is CCN(C(=O)Cc1cccc2ccccc12)c1ccc(F)cc1. The fraction of sp³-hybridized carbons (Fsp3) is 0.150. The van der Waals surface area contributed by atoms with E-state index < -0.39 is 0 Å². The van der Waals surface area contributed by atoms with E-state index in [1.165, 1.54) is 12.1 Å². The topological polar surface area (TPSA) is 20.3 Å². The first-order valence-electron chi connectivity index (χ1n) is 7.71. The van der Waals surface area contributed by atoms with Crippen LogP contribution in [0.3, 0.4) is 0 Å². The van der Waals surface area contributed by atoms with Gasteiger partial charge in [-0.1, -0.05) is 42.5 Å². The maximum Gasteiger partial charge on any atom is 0.231 e. The number of anilines is 1. The number of hydrogen-bond donors (Lipinski definition) is 0. The van der Waals surface area contributed by atoms with Crippen LogP contribution in [0.2, 0.25) is 0 Å². The summed E-state index contributed by atoms with van der Waals surface area (Å²) in [6.07, 6.45) is 0.326. The van der Waals surface area contributed by atoms with Gasteiger partial charge in [0.1, 0.15) is 5.82 Å². The van der Waals surface area contributed by atoms with Crippen LogP contribution in [0.1, 0.15) is 12.5 Å². The molecule has 0 aliphatic heterocycles. The summed E-state index contributed by atoms with van der Waals surface area (Å²) < 4.78 is 13.1. The van der Waals surface area contributed by atoms with Crippen molar-refractivity contribution in [3.63, 3.8) is 0 Å². The highest BCUT2D eigenvalue weighted by atomic mass is 19.1. The molecule has 0 aliphatic carbocycles. The van der Waals surface area contributed by atoms with E-state index in [1.54, 1.807) is 17.0 Å². The van der Waals surface area contributed by atoms with E-state index in [-0.39, 0.29) is 11.7 Å². The number of rotatable bonds is 4. The van der Waals surface area contributed by atoms with E-state index in [0.29, 0.717) is 13.0 Å². The minimum atomic E-state index is -0.300. The lowest BCUT2D eigenvalue weighted by Crippen LogP contribution is -2.32. The summed E-state index contributed by atoms with van der Waals surface area (Å²) in [7, 11) is 0. The van der Waals surface area contributed by atoms with Crippen LogP contribution >= 0.6 is 0 Å². The summed E-state index contributed by atoms with van der Waals surface area (Å²) >= 11 is 0. The van der Waals surface area contributed by atoms with Gasteiger partial charge in [-0.2, -0.15) is 0 Å². The van der Waals surface area contributed by atoms with Gasteiger partial charge in [-0.15, -0.1) is 0 Å². The quantitative estimate of drug-likeness (QED) is 0.691. The van der Waals surface area contributed by atoms with E-state index in [4.69, 9.17) is 0 Å². The van der Waals surface area contributed by atoms with Crippen LogP contribution < -0.4 is 4.90 Å². The van der Waals surface area contributed by atoms with Crippen LogP contribution in [0.15, 0.2) is 66.7 Å². The summed E-state index contributed by atoms with van der Waals surface area (Å²) in [5.41, 5.74) is 1.73. The number of likely N-dealkylation sites (N-methyl/N-ethyl adjacent to an activating group) is 1. The Bertz CT molecular complexity index is 821. The molecule has 116 valence electrons. The van der Waals surface area contributed by atoms with Crippen LogP contribution in [0.4, 0.5) is 10.1 Å². The minimum Gasteiger partial charge on any atom is -0.312 e. The fourth-order valence-electron chi connectivity index (χ4n) is 2.83. The van der Waals surface area contributed by atoms with Gasteiger partial charge in [-0.3, -0.25) is 4.79 Å². The zero-order chi connectivity index (χ0) is 16.2. The Balaban J connectivity index is 1.88. The summed E-state index contributed by atoms with van der Waals surface area (Å²) in [6.45, 7) is 2.47. The van der Waals surface area contributed by atoms with Crippen molar-refractivity contribution in [3.8, 4) is 0 Å². The number of carbonyl (C=O) groups excluding carboxylic acids is 1. The zero-order valence-corrected chi connectivity index (χ0v) is 13.0. The van der Waals surface area contributed by atoms with Crippen LogP contribution in [0, 0.1) is 5.82 Å². The van der Waals surface area contributed by atoms with E-state index in [1.807, 2.05) is 49.4 Å². The van der Waals surface area contributed by atoms with Gasteiger partial charge < -0.3 is 4.90 Å². The van der Waals surface area contributed by atoms with Crippen molar-refractivity contribution in [1.29, 1.82) is 0 Å². The molecule has 0 unspecified atom stereocenters. The molecule has 3 aromatic rings. The van der Waals surface area contributed by atoms with E-state index >= 15 is 0 Å². The third kappa shape index (κ3) is 3.24. The lowest BCUT2D eigenvalue weighted by molar-refractivity contribution is -0.117. The summed E-state index contributed by atoms with van der Waals surface area (Å²) in [5.74, 6) is -0.290. The van der Waals surface area contributed by atoms with Crippen molar-refractivity contribution in [3.05, 3.63) is 78.1 Å². The molecule has 0 saturated heterocycles. The molecule has 0 aromatic heterocycles. The summed E-state index contributed by atoms with van der Waals surface area (Å²) in [5, 5.41) is 2.22. The first-order valence-corrected chi connectivity index (χ1v) is 7.71. The molecule has 0 spiro atoms. The van der Waals surface area contributed by atoms with Gasteiger partial charge in [-0.05, 0) is 47.5 Å². The van der Waals surface area contributed by atoms with Crippen LogP contribution in [-0.2, 0) is 11.2 Å². The normalized spacial score (nSPS) is 10.7. The first-order chi connectivity index (χ1) is 11.2. The lowest BCUT2D eigenvalue weighted by atomic mass is 10.0. The molecule has 0 atom stereocenters. The van der Waals surface area contributed by atoms with Crippen LogP contribution in [0.25, 0.3) is 10.8 Å². The van der Waals surface area contributed by atoms with Crippen molar-refractivity contribution in [2.45, 2.75) is 13.3 Å². The van der Waals surface area contributed by atoms with Gasteiger partial charge in [0.2, 0.25) is 5.91 Å². The second-order valence-corrected chi connectivity index (χ2v) is 5.43. The monoisotopic (exact) mass is 307 g/mol. The van der Waals surface area contributed by atoms with E-state index in [0.717, 1.165) is 22.0 Å². The molecule has 1 amide bonds. The molecule has 0 bridgehead atoms. The van der Waals surface area contributed by atoms with E-state index in [9.17, 15) is 9.18 Å². The molecule has 2 nitrogen and oxygen atoms in total. The fourth-order valence-corrected chi connectivity index (χ4v) is 2.83. The van der Waals surface area contributed by atoms with Crippen molar-refractivity contribution >= 4 is 22.4 Å². The molecule has 0 N–H and O–H groups in total. The predicted octanol–water partition coefficient (Wildman–Crippen LogP) is 4.57. The summed E-state index contributed by atoms with van der Waals surface area (Å²) in [4.78, 5) is 14.4. The Labute approximate surface area is 135 Å². The third-order valence-corrected chi connectivity index (χ3v) is 3.98. The molecule has 3 heteroatoms. The molecule has 23 heavy (non-hydrogen) atoms. The predicted molar refractivity (Wildman–Crippen MR) is 92.1 cm³/mol. The number of benzene rings is 3. The Morgan fingerprint density at radius 3 is 2.39 bits per heavy atom. The Kier molecular flexibility index (Phi) is 4.38. The second-order valence-electron chi connectivity index (χ2n) is 5.43. The van der Waals surface area contributed by atoms with Crippen molar-refractivity contribution < 1.29 is 9.18 Å². The molecule has 3 rings (SSSR count). The number of fused-ring (bicyclic) bond motifs is 1. The van der Waals surface area contributed by atoms with Gasteiger partial charge in [0, 0.05) is 12.2 Å². The molecule has 0 aliphatic rings. The molecule has 3 aromatic carbocycles. The summed E-state index contributed by atoms with van der Waals surface area (Å²) in [6, 6.07) is 20.1. The third-order valence-electron chi connectivity index (χ3n) is 3.98. The largest absolute Gasteiger partial charge is 0.312 e. The Hall–Kier alpha value is -2.68. The highest BCUT2D eigenvalue weighted by Crippen LogP contribution is 2.21. The standard InChI is InChI=1S/C20H18FNO/c1-2-22(18-12-10-17(21)11-13-18)20(23)14-16-8-5-7-15-6-3-4-9-19(15)16/h3-13H,2,14H2,1H3. The van der Waals surface area contributed by atoms with Crippen molar-refractivity contribution in [2.24, 2.45) is 0 Å². The number of hydrogen-bond acceptors (Lipinski definition) is 1. The number of halogens is 1. The minimum absolute atomic E-state index is 0.00969. The average Bonchev–Trinajstić information content (AvgIpc) is 2.57. The Morgan fingerprint density at radius 2 is 1.65 bits per heavy atom. The van der Waals surface area contributed by atoms with E-state index in [2.05, 4.69) is 0 Å². The lowest BCUT2D eigenvalue weighted by Gasteiger charge is -2.21. The number of nitrogens with zero attached hydrogens (tertiary/aromatic N) is 1. The first kappa shape index (κ1) is 15.2. The van der Waals surface area contributed by atoms with Crippen molar-refractivity contribution in [1.82, 2.24) is 0 Å². The molecule has 0 heterocycles. The number of carbonyl (C=O) groups is 1. The molecule has 0 fully saturated rings. The van der Waals surface area contributed by atoms with Crippen LogP contribution in [0.5, 0.6) is 0 Å². The second kappa shape index (κ2) is 6.61. The van der Waals surface area contributed by atoms with Gasteiger partial charge in [0.05, 0.1) is 6.42 Å². The highest BCUT2D eigenvalue weighted by Gasteiger charge is 2.15. The van der Waals surface area contributed by atoms with Crippen molar-refractivity contribution in [2.75, 3.05) is 11.4 Å². The smallest absolute Gasteiger partial charge is 0.231 e. The Morgan fingerprint density at radius 1 is 0.957 bits per heavy atom. The molecule has 0 saturated carbocycles. The maximum absolute atomic E-state index is 13.1. The zero-order valence-electron chi connectivity index (χ0n) is 13.0.